The number of rotatable bonds is 5. The molecular formula is C23H21BrN2O5. The van der Waals surface area contributed by atoms with Crippen LogP contribution in [0, 0.1) is 23.7 Å². The number of alkyl halides is 1. The highest BCUT2D eigenvalue weighted by Gasteiger charge is 2.67. The lowest BCUT2D eigenvalue weighted by Crippen LogP contribution is -2.40. The summed E-state index contributed by atoms with van der Waals surface area (Å²) >= 11 is 3.62. The van der Waals surface area contributed by atoms with Crippen LogP contribution >= 0.6 is 15.9 Å². The number of carbonyl (C=O) groups is 3. The first kappa shape index (κ1) is 20.1. The van der Waals surface area contributed by atoms with Crippen LogP contribution in [0.1, 0.15) is 16.8 Å². The monoisotopic (exact) mass is 484 g/mol. The summed E-state index contributed by atoms with van der Waals surface area (Å²) in [6.07, 6.45) is 0.702. The fourth-order valence-corrected chi connectivity index (χ4v) is 6.24. The summed E-state index contributed by atoms with van der Waals surface area (Å²) in [5.41, 5.74) is 1.53. The molecule has 5 rings (SSSR count). The summed E-state index contributed by atoms with van der Waals surface area (Å²) in [6, 6.07) is 13.8. The van der Waals surface area contributed by atoms with Gasteiger partial charge < -0.3 is 20.1 Å². The number of hydrogen-bond donors (Lipinski definition) is 2. The molecule has 0 unspecified atom stereocenters. The number of amides is 2. The SMILES string of the molecule is COc1cccc(NC(=O)c2cccc(NC(=O)[C@@H]3[C@H]4C[C@H]5[C@H](OC(=O)[C@H]53)[C@@H]4Br)c2)c1. The molecule has 0 radical (unpaired) electrons. The number of nitrogens with one attached hydrogen (secondary N) is 2. The van der Waals surface area contributed by atoms with E-state index in [-0.39, 0.29) is 46.5 Å². The molecule has 3 aliphatic rings. The standard InChI is InChI=1S/C23H21BrN2O5/c1-30-14-7-3-6-13(9-14)25-21(27)11-4-2-5-12(8-11)26-22(28)17-15-10-16-18(17)23(29)31-20(16)19(15)24/h2-9,15-20H,10H2,1H3,(H,25,27)(H,26,28)/t15-,16-,17-,18-,19-,20+/m1/s1. The number of hydrogen-bond acceptors (Lipinski definition) is 5. The third-order valence-corrected chi connectivity index (χ3v) is 7.75. The molecule has 0 aromatic heterocycles. The Hall–Kier alpha value is -2.87. The minimum absolute atomic E-state index is 0.0101. The highest BCUT2D eigenvalue weighted by Crippen LogP contribution is 2.60. The van der Waals surface area contributed by atoms with Gasteiger partial charge in [-0.3, -0.25) is 14.4 Å². The predicted molar refractivity (Wildman–Crippen MR) is 117 cm³/mol. The molecule has 8 heteroatoms. The first-order valence-electron chi connectivity index (χ1n) is 10.2. The number of ether oxygens (including phenoxy) is 2. The van der Waals surface area contributed by atoms with E-state index in [9.17, 15) is 14.4 Å². The van der Waals surface area contributed by atoms with Gasteiger partial charge in [0.25, 0.3) is 5.91 Å². The summed E-state index contributed by atoms with van der Waals surface area (Å²) in [7, 11) is 1.56. The Kier molecular flexibility index (Phi) is 4.97. The Morgan fingerprint density at radius 1 is 1.06 bits per heavy atom. The van der Waals surface area contributed by atoms with Gasteiger partial charge in [0.2, 0.25) is 5.91 Å². The lowest BCUT2D eigenvalue weighted by Gasteiger charge is -2.27. The number of anilines is 2. The lowest BCUT2D eigenvalue weighted by atomic mass is 9.79. The second kappa shape index (κ2) is 7.67. The van der Waals surface area contributed by atoms with E-state index in [0.717, 1.165) is 6.42 Å². The second-order valence-electron chi connectivity index (χ2n) is 8.22. The van der Waals surface area contributed by atoms with Crippen molar-refractivity contribution >= 4 is 45.1 Å². The molecule has 2 aromatic carbocycles. The molecule has 7 nitrogen and oxygen atoms in total. The van der Waals surface area contributed by atoms with Gasteiger partial charge in [-0.1, -0.05) is 28.1 Å². The zero-order valence-electron chi connectivity index (χ0n) is 16.7. The Balaban J connectivity index is 1.30. The molecule has 0 spiro atoms. The lowest BCUT2D eigenvalue weighted by molar-refractivity contribution is -0.145. The van der Waals surface area contributed by atoms with Crippen LogP contribution < -0.4 is 15.4 Å². The highest BCUT2D eigenvalue weighted by atomic mass is 79.9. The molecule has 1 saturated heterocycles. The van der Waals surface area contributed by atoms with Gasteiger partial charge in [-0.25, -0.2) is 0 Å². The van der Waals surface area contributed by atoms with Gasteiger partial charge in [-0.05, 0) is 42.7 Å². The van der Waals surface area contributed by atoms with E-state index in [4.69, 9.17) is 9.47 Å². The smallest absolute Gasteiger partial charge is 0.310 e. The average Bonchev–Trinajstić information content (AvgIpc) is 3.38. The van der Waals surface area contributed by atoms with Crippen LogP contribution in [0.2, 0.25) is 0 Å². The molecule has 2 N–H and O–H groups in total. The molecule has 31 heavy (non-hydrogen) atoms. The summed E-state index contributed by atoms with van der Waals surface area (Å²) in [5, 5.41) is 5.73. The Morgan fingerprint density at radius 3 is 2.58 bits per heavy atom. The average molecular weight is 485 g/mol. The second-order valence-corrected chi connectivity index (χ2v) is 9.27. The predicted octanol–water partition coefficient (Wildman–Crippen LogP) is 3.46. The summed E-state index contributed by atoms with van der Waals surface area (Å²) in [4.78, 5) is 38.0. The first-order chi connectivity index (χ1) is 15.0. The molecule has 2 bridgehead atoms. The topological polar surface area (TPSA) is 93.7 Å². The van der Waals surface area contributed by atoms with E-state index in [2.05, 4.69) is 26.6 Å². The molecule has 6 atom stereocenters. The van der Waals surface area contributed by atoms with Crippen LogP contribution in [0.3, 0.4) is 0 Å². The van der Waals surface area contributed by atoms with E-state index in [0.29, 0.717) is 22.7 Å². The van der Waals surface area contributed by atoms with E-state index in [1.54, 1.807) is 55.6 Å². The Morgan fingerprint density at radius 2 is 1.81 bits per heavy atom. The maximum absolute atomic E-state index is 13.1. The third-order valence-electron chi connectivity index (χ3n) is 6.55. The maximum atomic E-state index is 13.1. The van der Waals surface area contributed by atoms with E-state index >= 15 is 0 Å². The normalized spacial score (nSPS) is 30.1. The van der Waals surface area contributed by atoms with Crippen molar-refractivity contribution in [3.63, 3.8) is 0 Å². The number of methoxy groups -OCH3 is 1. The molecule has 160 valence electrons. The van der Waals surface area contributed by atoms with Gasteiger partial charge in [-0.2, -0.15) is 0 Å². The third kappa shape index (κ3) is 3.39. The quantitative estimate of drug-likeness (QED) is 0.500. The van der Waals surface area contributed by atoms with Gasteiger partial charge in [-0.15, -0.1) is 0 Å². The molecule has 1 heterocycles. The number of esters is 1. The maximum Gasteiger partial charge on any atom is 0.310 e. The molecule has 3 fully saturated rings. The molecular weight excluding hydrogens is 464 g/mol. The van der Waals surface area contributed by atoms with Crippen molar-refractivity contribution in [1.82, 2.24) is 0 Å². The zero-order valence-corrected chi connectivity index (χ0v) is 18.3. The number of fused-ring (bicyclic) bond motifs is 1. The molecule has 1 aliphatic heterocycles. The van der Waals surface area contributed by atoms with Gasteiger partial charge in [0.15, 0.2) is 0 Å². The van der Waals surface area contributed by atoms with Gasteiger partial charge in [0.1, 0.15) is 11.9 Å². The first-order valence-corrected chi connectivity index (χ1v) is 11.1. The fourth-order valence-electron chi connectivity index (χ4n) is 5.20. The summed E-state index contributed by atoms with van der Waals surface area (Å²) in [6.45, 7) is 0. The zero-order chi connectivity index (χ0) is 21.7. The number of benzene rings is 2. The van der Waals surface area contributed by atoms with E-state index in [1.807, 2.05) is 0 Å². The van der Waals surface area contributed by atoms with Crippen molar-refractivity contribution in [3.05, 3.63) is 54.1 Å². The Bertz CT molecular complexity index is 1070. The summed E-state index contributed by atoms with van der Waals surface area (Å²) < 4.78 is 10.7. The van der Waals surface area contributed by atoms with Crippen molar-refractivity contribution in [3.8, 4) is 5.75 Å². The molecule has 2 aromatic rings. The van der Waals surface area contributed by atoms with Gasteiger partial charge in [0, 0.05) is 28.9 Å². The van der Waals surface area contributed by atoms with Crippen LogP contribution in [-0.4, -0.2) is 35.8 Å². The van der Waals surface area contributed by atoms with Crippen molar-refractivity contribution in [2.24, 2.45) is 23.7 Å². The fraction of sp³-hybridized carbons (Fsp3) is 0.348. The van der Waals surface area contributed by atoms with Gasteiger partial charge >= 0.3 is 5.97 Å². The van der Waals surface area contributed by atoms with Crippen molar-refractivity contribution in [1.29, 1.82) is 0 Å². The minimum atomic E-state index is -0.421. The van der Waals surface area contributed by atoms with Crippen molar-refractivity contribution < 1.29 is 23.9 Å². The largest absolute Gasteiger partial charge is 0.497 e. The minimum Gasteiger partial charge on any atom is -0.497 e. The van der Waals surface area contributed by atoms with Gasteiger partial charge in [0.05, 0.1) is 23.8 Å². The number of carbonyl (C=O) groups excluding carboxylic acids is 3. The summed E-state index contributed by atoms with van der Waals surface area (Å²) in [5.74, 6) is -0.744. The van der Waals surface area contributed by atoms with Crippen LogP contribution in [0.15, 0.2) is 48.5 Å². The van der Waals surface area contributed by atoms with Crippen molar-refractivity contribution in [2.45, 2.75) is 17.4 Å². The number of halogens is 1. The van der Waals surface area contributed by atoms with Crippen LogP contribution in [-0.2, 0) is 14.3 Å². The highest BCUT2D eigenvalue weighted by molar-refractivity contribution is 9.09. The van der Waals surface area contributed by atoms with Crippen LogP contribution in [0.25, 0.3) is 0 Å². The molecule has 2 saturated carbocycles. The van der Waals surface area contributed by atoms with E-state index in [1.165, 1.54) is 0 Å². The molecule has 2 amide bonds. The Labute approximate surface area is 187 Å². The van der Waals surface area contributed by atoms with Crippen LogP contribution in [0.4, 0.5) is 11.4 Å². The van der Waals surface area contributed by atoms with Crippen LogP contribution in [0.5, 0.6) is 5.75 Å². The van der Waals surface area contributed by atoms with E-state index < -0.39 is 5.92 Å². The van der Waals surface area contributed by atoms with Crippen molar-refractivity contribution in [2.75, 3.05) is 17.7 Å². The molecule has 2 aliphatic carbocycles.